The van der Waals surface area contributed by atoms with Gasteiger partial charge < -0.3 is 19.4 Å². The van der Waals surface area contributed by atoms with Crippen LogP contribution >= 0.6 is 0 Å². The molecule has 24 heavy (non-hydrogen) atoms. The Labute approximate surface area is 141 Å². The summed E-state index contributed by atoms with van der Waals surface area (Å²) in [4.78, 5) is 18.3. The SMILES string of the molecule is O=C(CCN1CCC(Oc2cccnc2)CC1)NCc1ccco1. The van der Waals surface area contributed by atoms with Crippen molar-refractivity contribution in [2.24, 2.45) is 0 Å². The van der Waals surface area contributed by atoms with Gasteiger partial charge in [0.05, 0.1) is 19.0 Å². The average Bonchev–Trinajstić information content (AvgIpc) is 3.14. The Bertz CT molecular complexity index is 608. The first kappa shape index (κ1) is 16.5. The zero-order valence-corrected chi connectivity index (χ0v) is 13.7. The van der Waals surface area contributed by atoms with Gasteiger partial charge in [-0.2, -0.15) is 0 Å². The zero-order chi connectivity index (χ0) is 16.6. The molecule has 0 unspecified atom stereocenters. The Kier molecular flexibility index (Phi) is 5.85. The van der Waals surface area contributed by atoms with E-state index in [0.29, 0.717) is 13.0 Å². The third-order valence-electron chi connectivity index (χ3n) is 4.17. The highest BCUT2D eigenvalue weighted by atomic mass is 16.5. The van der Waals surface area contributed by atoms with Crippen LogP contribution in [-0.2, 0) is 11.3 Å². The number of nitrogens with one attached hydrogen (secondary N) is 1. The first-order valence-electron chi connectivity index (χ1n) is 8.38. The highest BCUT2D eigenvalue weighted by molar-refractivity contribution is 5.75. The van der Waals surface area contributed by atoms with Crippen LogP contribution in [0.3, 0.4) is 0 Å². The van der Waals surface area contributed by atoms with Gasteiger partial charge in [0.25, 0.3) is 0 Å². The molecule has 128 valence electrons. The second-order valence-corrected chi connectivity index (χ2v) is 5.95. The molecule has 0 aliphatic carbocycles. The second-order valence-electron chi connectivity index (χ2n) is 5.95. The highest BCUT2D eigenvalue weighted by Gasteiger charge is 2.20. The quantitative estimate of drug-likeness (QED) is 0.844. The smallest absolute Gasteiger partial charge is 0.221 e. The van der Waals surface area contributed by atoms with Crippen molar-refractivity contribution < 1.29 is 13.9 Å². The Morgan fingerprint density at radius 1 is 1.33 bits per heavy atom. The minimum atomic E-state index is 0.0557. The highest BCUT2D eigenvalue weighted by Crippen LogP contribution is 2.17. The fraction of sp³-hybridized carbons (Fsp3) is 0.444. The maximum absolute atomic E-state index is 11.9. The molecule has 1 aliphatic rings. The summed E-state index contributed by atoms with van der Waals surface area (Å²) in [6.45, 7) is 3.14. The predicted molar refractivity (Wildman–Crippen MR) is 89.5 cm³/mol. The minimum Gasteiger partial charge on any atom is -0.489 e. The summed E-state index contributed by atoms with van der Waals surface area (Å²) in [7, 11) is 0. The molecule has 1 N–H and O–H groups in total. The summed E-state index contributed by atoms with van der Waals surface area (Å²) in [5.41, 5.74) is 0. The maximum atomic E-state index is 11.9. The van der Waals surface area contributed by atoms with Gasteiger partial charge in [-0.25, -0.2) is 0 Å². The van der Waals surface area contributed by atoms with Crippen molar-refractivity contribution in [2.75, 3.05) is 19.6 Å². The van der Waals surface area contributed by atoms with Gasteiger partial charge in [-0.15, -0.1) is 0 Å². The zero-order valence-electron chi connectivity index (χ0n) is 13.7. The van der Waals surface area contributed by atoms with Gasteiger partial charge in [0, 0.05) is 32.3 Å². The topological polar surface area (TPSA) is 67.6 Å². The summed E-state index contributed by atoms with van der Waals surface area (Å²) < 4.78 is 11.1. The molecule has 6 heteroatoms. The van der Waals surface area contributed by atoms with E-state index in [4.69, 9.17) is 9.15 Å². The second kappa shape index (κ2) is 8.49. The van der Waals surface area contributed by atoms with E-state index in [-0.39, 0.29) is 12.0 Å². The summed E-state index contributed by atoms with van der Waals surface area (Å²) in [5, 5.41) is 2.88. The number of hydrogen-bond donors (Lipinski definition) is 1. The van der Waals surface area contributed by atoms with Crippen molar-refractivity contribution in [1.82, 2.24) is 15.2 Å². The number of amides is 1. The van der Waals surface area contributed by atoms with Gasteiger partial charge >= 0.3 is 0 Å². The van der Waals surface area contributed by atoms with Crippen LogP contribution in [0.15, 0.2) is 47.3 Å². The molecule has 2 aromatic rings. The molecule has 3 rings (SSSR count). The van der Waals surface area contributed by atoms with Crippen LogP contribution < -0.4 is 10.1 Å². The van der Waals surface area contributed by atoms with E-state index in [9.17, 15) is 4.79 Å². The van der Waals surface area contributed by atoms with Crippen molar-refractivity contribution >= 4 is 5.91 Å². The largest absolute Gasteiger partial charge is 0.489 e. The molecule has 0 atom stereocenters. The first-order valence-corrected chi connectivity index (χ1v) is 8.38. The number of carbonyl (C=O) groups is 1. The monoisotopic (exact) mass is 329 g/mol. The van der Waals surface area contributed by atoms with Crippen LogP contribution in [0.2, 0.25) is 0 Å². The number of furan rings is 1. The van der Waals surface area contributed by atoms with Crippen molar-refractivity contribution in [3.8, 4) is 5.75 Å². The van der Waals surface area contributed by atoms with Gasteiger partial charge in [0.1, 0.15) is 17.6 Å². The summed E-state index contributed by atoms with van der Waals surface area (Å²) in [6.07, 6.45) is 7.79. The predicted octanol–water partition coefficient (Wildman–Crippen LogP) is 2.22. The Morgan fingerprint density at radius 2 is 2.21 bits per heavy atom. The lowest BCUT2D eigenvalue weighted by atomic mass is 10.1. The van der Waals surface area contributed by atoms with Crippen LogP contribution in [0, 0.1) is 0 Å². The molecule has 0 radical (unpaired) electrons. The third kappa shape index (κ3) is 5.09. The van der Waals surface area contributed by atoms with Crippen molar-refractivity contribution in [1.29, 1.82) is 0 Å². The third-order valence-corrected chi connectivity index (χ3v) is 4.17. The minimum absolute atomic E-state index is 0.0557. The number of pyridine rings is 1. The Hall–Kier alpha value is -2.34. The standard InChI is InChI=1S/C18H23N3O3/c22-18(20-14-16-4-2-12-23-16)7-11-21-9-5-15(6-10-21)24-17-3-1-8-19-13-17/h1-4,8,12-13,15H,5-7,9-11,14H2,(H,20,22). The lowest BCUT2D eigenvalue weighted by Crippen LogP contribution is -2.40. The normalized spacial score (nSPS) is 16.0. The molecule has 1 aliphatic heterocycles. The molecule has 1 saturated heterocycles. The van der Waals surface area contributed by atoms with Crippen LogP contribution in [-0.4, -0.2) is 41.5 Å². The number of likely N-dealkylation sites (tertiary alicyclic amines) is 1. The molecular formula is C18H23N3O3. The Morgan fingerprint density at radius 3 is 2.92 bits per heavy atom. The number of aromatic nitrogens is 1. The van der Waals surface area contributed by atoms with E-state index in [1.807, 2.05) is 24.3 Å². The summed E-state index contributed by atoms with van der Waals surface area (Å²) in [5.74, 6) is 1.66. The van der Waals surface area contributed by atoms with Crippen LogP contribution in [0.4, 0.5) is 0 Å². The van der Waals surface area contributed by atoms with Crippen molar-refractivity contribution in [2.45, 2.75) is 31.9 Å². The molecular weight excluding hydrogens is 306 g/mol. The van der Waals surface area contributed by atoms with Crippen LogP contribution in [0.5, 0.6) is 5.75 Å². The molecule has 6 nitrogen and oxygen atoms in total. The average molecular weight is 329 g/mol. The lowest BCUT2D eigenvalue weighted by Gasteiger charge is -2.31. The number of ether oxygens (including phenoxy) is 1. The first-order chi connectivity index (χ1) is 11.8. The lowest BCUT2D eigenvalue weighted by molar-refractivity contribution is -0.121. The van der Waals surface area contributed by atoms with Gasteiger partial charge in [-0.1, -0.05) is 0 Å². The van der Waals surface area contributed by atoms with E-state index in [2.05, 4.69) is 15.2 Å². The molecule has 1 amide bonds. The number of piperidine rings is 1. The van der Waals surface area contributed by atoms with Crippen LogP contribution in [0.25, 0.3) is 0 Å². The number of carbonyl (C=O) groups excluding carboxylic acids is 1. The molecule has 0 saturated carbocycles. The van der Waals surface area contributed by atoms with Gasteiger partial charge in [-0.3, -0.25) is 9.78 Å². The Balaban J connectivity index is 1.31. The van der Waals surface area contributed by atoms with Crippen molar-refractivity contribution in [3.63, 3.8) is 0 Å². The maximum Gasteiger partial charge on any atom is 0.221 e. The molecule has 1 fully saturated rings. The fourth-order valence-electron chi connectivity index (χ4n) is 2.81. The van der Waals surface area contributed by atoms with E-state index < -0.39 is 0 Å². The molecule has 2 aromatic heterocycles. The van der Waals surface area contributed by atoms with E-state index in [1.165, 1.54) is 0 Å². The van der Waals surface area contributed by atoms with E-state index >= 15 is 0 Å². The van der Waals surface area contributed by atoms with E-state index in [0.717, 1.165) is 44.0 Å². The molecule has 0 bridgehead atoms. The van der Waals surface area contributed by atoms with Crippen LogP contribution in [0.1, 0.15) is 25.0 Å². The number of nitrogens with zero attached hydrogens (tertiary/aromatic N) is 2. The molecule has 0 aromatic carbocycles. The van der Waals surface area contributed by atoms with E-state index in [1.54, 1.807) is 18.7 Å². The summed E-state index contributed by atoms with van der Waals surface area (Å²) >= 11 is 0. The van der Waals surface area contributed by atoms with Gasteiger partial charge in [-0.05, 0) is 37.1 Å². The van der Waals surface area contributed by atoms with Crippen molar-refractivity contribution in [3.05, 3.63) is 48.7 Å². The summed E-state index contributed by atoms with van der Waals surface area (Å²) in [6, 6.07) is 7.49. The number of rotatable bonds is 7. The number of hydrogen-bond acceptors (Lipinski definition) is 5. The van der Waals surface area contributed by atoms with Gasteiger partial charge in [0.15, 0.2) is 0 Å². The molecule has 3 heterocycles. The fourth-order valence-corrected chi connectivity index (χ4v) is 2.81. The van der Waals surface area contributed by atoms with Gasteiger partial charge in [0.2, 0.25) is 5.91 Å². The molecule has 0 spiro atoms.